The molecule has 1 fully saturated rings. The number of rotatable bonds is 6. The zero-order valence-corrected chi connectivity index (χ0v) is 25.1. The molecule has 220 valence electrons. The van der Waals surface area contributed by atoms with Crippen LogP contribution < -0.4 is 15.0 Å². The van der Waals surface area contributed by atoms with E-state index in [-0.39, 0.29) is 23.6 Å². The minimum atomic E-state index is -0.249. The lowest BCUT2D eigenvalue weighted by Gasteiger charge is -2.33. The summed E-state index contributed by atoms with van der Waals surface area (Å²) in [5.74, 6) is 0.0781. The second kappa shape index (κ2) is 13.0. The Morgan fingerprint density at radius 1 is 0.976 bits per heavy atom. The maximum atomic E-state index is 13.9. The Labute approximate surface area is 252 Å². The van der Waals surface area contributed by atoms with Crippen LogP contribution in [0.25, 0.3) is 0 Å². The second-order valence-electron chi connectivity index (χ2n) is 11.1. The molecule has 0 aromatic heterocycles. The molecule has 2 heterocycles. The van der Waals surface area contributed by atoms with Gasteiger partial charge in [0, 0.05) is 61.0 Å². The fourth-order valence-electron chi connectivity index (χ4n) is 5.79. The van der Waals surface area contributed by atoms with E-state index in [0.717, 1.165) is 55.8 Å². The Balaban J connectivity index is 1.37. The number of benzene rings is 3. The van der Waals surface area contributed by atoms with E-state index in [4.69, 9.17) is 16.3 Å². The van der Waals surface area contributed by atoms with Gasteiger partial charge >= 0.3 is 0 Å². The highest BCUT2D eigenvalue weighted by Crippen LogP contribution is 2.39. The number of piperazine rings is 1. The molecule has 5 rings (SSSR count). The van der Waals surface area contributed by atoms with Crippen molar-refractivity contribution in [2.24, 2.45) is 0 Å². The topological polar surface area (TPSA) is 82.2 Å². The standard InChI is InChI=1S/C33H37ClN4O4/c1-22-7-4-5-9-26(22)32(40)35-28-12-10-24(19-30(28)42-3)33(41)38-14-6-8-23(27-21-25(34)11-13-29(27)38)20-31(39)37-17-15-36(2)16-18-37/h4-5,7,9-13,19,21,23H,6,8,14-18,20H2,1-3H3,(H,35,40). The summed E-state index contributed by atoms with van der Waals surface area (Å²) in [6.07, 6.45) is 1.92. The van der Waals surface area contributed by atoms with Gasteiger partial charge in [-0.05, 0) is 86.3 Å². The number of anilines is 2. The van der Waals surface area contributed by atoms with Gasteiger partial charge in [0.1, 0.15) is 5.75 Å². The molecule has 1 N–H and O–H groups in total. The Bertz CT molecular complexity index is 1480. The number of fused-ring (bicyclic) bond motifs is 1. The third-order valence-electron chi connectivity index (χ3n) is 8.26. The summed E-state index contributed by atoms with van der Waals surface area (Å²) in [6, 6.07) is 18.0. The van der Waals surface area contributed by atoms with Crippen LogP contribution in [0, 0.1) is 6.92 Å². The number of ether oxygens (including phenoxy) is 1. The van der Waals surface area contributed by atoms with E-state index in [2.05, 4.69) is 17.3 Å². The SMILES string of the molecule is COc1cc(C(=O)N2CCCC(CC(=O)N3CCN(C)CC3)c3cc(Cl)ccc32)ccc1NC(=O)c1ccccc1C. The predicted molar refractivity (Wildman–Crippen MR) is 166 cm³/mol. The highest BCUT2D eigenvalue weighted by Gasteiger charge is 2.31. The van der Waals surface area contributed by atoms with Crippen molar-refractivity contribution in [2.75, 3.05) is 57.1 Å². The minimum absolute atomic E-state index is 0.0303. The van der Waals surface area contributed by atoms with E-state index in [9.17, 15) is 14.4 Å². The molecule has 1 saturated heterocycles. The molecule has 8 nitrogen and oxygen atoms in total. The predicted octanol–water partition coefficient (Wildman–Crippen LogP) is 5.60. The monoisotopic (exact) mass is 588 g/mol. The van der Waals surface area contributed by atoms with E-state index in [1.54, 1.807) is 35.2 Å². The van der Waals surface area contributed by atoms with E-state index >= 15 is 0 Å². The lowest BCUT2D eigenvalue weighted by atomic mass is 9.90. The fourth-order valence-corrected chi connectivity index (χ4v) is 5.97. The normalized spacial score (nSPS) is 17.3. The first kappa shape index (κ1) is 29.6. The van der Waals surface area contributed by atoms with Gasteiger partial charge in [-0.25, -0.2) is 0 Å². The number of aryl methyl sites for hydroxylation is 1. The zero-order valence-electron chi connectivity index (χ0n) is 24.4. The molecule has 1 atom stereocenters. The summed E-state index contributed by atoms with van der Waals surface area (Å²) in [6.45, 7) is 5.61. The number of amides is 3. The number of nitrogens with one attached hydrogen (secondary N) is 1. The van der Waals surface area contributed by atoms with Gasteiger partial charge in [0.25, 0.3) is 11.8 Å². The molecule has 0 bridgehead atoms. The molecule has 1 unspecified atom stereocenters. The Morgan fingerprint density at radius 3 is 2.48 bits per heavy atom. The summed E-state index contributed by atoms with van der Waals surface area (Å²) >= 11 is 6.44. The molecule has 3 aromatic carbocycles. The van der Waals surface area contributed by atoms with Crippen molar-refractivity contribution in [3.8, 4) is 5.75 Å². The molecule has 0 radical (unpaired) electrons. The van der Waals surface area contributed by atoms with Crippen LogP contribution in [0.1, 0.15) is 57.0 Å². The average Bonchev–Trinajstić information content (AvgIpc) is 3.16. The van der Waals surface area contributed by atoms with Crippen LogP contribution in [0.4, 0.5) is 11.4 Å². The minimum Gasteiger partial charge on any atom is -0.495 e. The number of carbonyl (C=O) groups is 3. The lowest BCUT2D eigenvalue weighted by Crippen LogP contribution is -2.47. The molecule has 0 spiro atoms. The molecule has 2 aliphatic heterocycles. The first-order valence-electron chi connectivity index (χ1n) is 14.4. The van der Waals surface area contributed by atoms with Crippen molar-refractivity contribution in [1.29, 1.82) is 0 Å². The highest BCUT2D eigenvalue weighted by atomic mass is 35.5. The fraction of sp³-hybridized carbons (Fsp3) is 0.364. The van der Waals surface area contributed by atoms with Crippen molar-refractivity contribution in [1.82, 2.24) is 9.80 Å². The first-order chi connectivity index (χ1) is 20.2. The van der Waals surface area contributed by atoms with E-state index in [0.29, 0.717) is 40.6 Å². The lowest BCUT2D eigenvalue weighted by molar-refractivity contribution is -0.133. The van der Waals surface area contributed by atoms with E-state index < -0.39 is 0 Å². The largest absolute Gasteiger partial charge is 0.495 e. The van der Waals surface area contributed by atoms with E-state index in [1.165, 1.54) is 7.11 Å². The Kier molecular flexibility index (Phi) is 9.14. The number of halogens is 1. The van der Waals surface area contributed by atoms with Crippen LogP contribution in [-0.2, 0) is 4.79 Å². The van der Waals surface area contributed by atoms with Gasteiger partial charge in [0.2, 0.25) is 5.91 Å². The van der Waals surface area contributed by atoms with Crippen LogP contribution in [-0.4, -0.2) is 74.4 Å². The van der Waals surface area contributed by atoms with Gasteiger partial charge in [0.15, 0.2) is 0 Å². The third kappa shape index (κ3) is 6.45. The Morgan fingerprint density at radius 2 is 1.74 bits per heavy atom. The molecule has 0 saturated carbocycles. The second-order valence-corrected chi connectivity index (χ2v) is 11.5. The molecule has 9 heteroatoms. The number of carbonyl (C=O) groups excluding carboxylic acids is 3. The average molecular weight is 589 g/mol. The number of likely N-dealkylation sites (N-methyl/N-ethyl adjacent to an activating group) is 1. The summed E-state index contributed by atoms with van der Waals surface area (Å²) in [5.41, 5.74) is 4.05. The van der Waals surface area contributed by atoms with Crippen LogP contribution in [0.2, 0.25) is 5.02 Å². The van der Waals surface area contributed by atoms with Gasteiger partial charge in [0.05, 0.1) is 12.8 Å². The third-order valence-corrected chi connectivity index (χ3v) is 8.50. The van der Waals surface area contributed by atoms with Crippen molar-refractivity contribution in [3.05, 3.63) is 87.9 Å². The zero-order chi connectivity index (χ0) is 29.8. The summed E-state index contributed by atoms with van der Waals surface area (Å²) < 4.78 is 5.58. The number of hydrogen-bond acceptors (Lipinski definition) is 5. The molecular weight excluding hydrogens is 552 g/mol. The van der Waals surface area contributed by atoms with Crippen LogP contribution in [0.5, 0.6) is 5.75 Å². The quantitative estimate of drug-likeness (QED) is 0.405. The number of methoxy groups -OCH3 is 1. The number of nitrogens with zero attached hydrogens (tertiary/aromatic N) is 3. The van der Waals surface area contributed by atoms with Crippen LogP contribution in [0.15, 0.2) is 60.7 Å². The van der Waals surface area contributed by atoms with E-state index in [1.807, 2.05) is 42.2 Å². The van der Waals surface area contributed by atoms with Gasteiger partial charge in [-0.15, -0.1) is 0 Å². The van der Waals surface area contributed by atoms with Gasteiger partial charge in [-0.3, -0.25) is 14.4 Å². The number of hydrogen-bond donors (Lipinski definition) is 1. The molecule has 3 amide bonds. The van der Waals surface area contributed by atoms with Gasteiger partial charge < -0.3 is 24.8 Å². The van der Waals surface area contributed by atoms with Crippen LogP contribution >= 0.6 is 11.6 Å². The van der Waals surface area contributed by atoms with Crippen molar-refractivity contribution < 1.29 is 19.1 Å². The smallest absolute Gasteiger partial charge is 0.258 e. The summed E-state index contributed by atoms with van der Waals surface area (Å²) in [5, 5.41) is 3.49. The maximum Gasteiger partial charge on any atom is 0.258 e. The summed E-state index contributed by atoms with van der Waals surface area (Å²) in [4.78, 5) is 46.1. The van der Waals surface area contributed by atoms with Gasteiger partial charge in [-0.2, -0.15) is 0 Å². The maximum absolute atomic E-state index is 13.9. The Hall–Kier alpha value is -3.88. The van der Waals surface area contributed by atoms with Crippen LogP contribution in [0.3, 0.4) is 0 Å². The summed E-state index contributed by atoms with van der Waals surface area (Å²) in [7, 11) is 3.58. The van der Waals surface area contributed by atoms with Gasteiger partial charge in [-0.1, -0.05) is 29.8 Å². The highest BCUT2D eigenvalue weighted by molar-refractivity contribution is 6.30. The van der Waals surface area contributed by atoms with Crippen molar-refractivity contribution in [3.63, 3.8) is 0 Å². The van der Waals surface area contributed by atoms with Crippen molar-refractivity contribution in [2.45, 2.75) is 32.1 Å². The first-order valence-corrected chi connectivity index (χ1v) is 14.8. The van der Waals surface area contributed by atoms with Crippen molar-refractivity contribution >= 4 is 40.7 Å². The molecular formula is C33H37ClN4O4. The molecule has 3 aromatic rings. The molecule has 42 heavy (non-hydrogen) atoms. The molecule has 0 aliphatic carbocycles. The molecule has 2 aliphatic rings.